The Kier molecular flexibility index (Phi) is 4.39. The van der Waals surface area contributed by atoms with E-state index in [1.165, 1.54) is 16.7 Å². The van der Waals surface area contributed by atoms with E-state index in [4.69, 9.17) is 0 Å². The van der Waals surface area contributed by atoms with Gasteiger partial charge in [0.15, 0.2) is 0 Å². The average molecular weight is 286 g/mol. The molecule has 110 valence electrons. The Morgan fingerprint density at radius 3 is 1.32 bits per heavy atom. The number of hydrogen-bond acceptors (Lipinski definition) is 0. The normalized spacial score (nSPS) is 11.3. The summed E-state index contributed by atoms with van der Waals surface area (Å²) in [6.45, 7) is 2.38. The van der Waals surface area contributed by atoms with Gasteiger partial charge in [0, 0.05) is 5.41 Å². The van der Waals surface area contributed by atoms with Crippen molar-refractivity contribution in [2.45, 2.75) is 25.2 Å². The van der Waals surface area contributed by atoms with Crippen molar-refractivity contribution in [2.75, 3.05) is 0 Å². The van der Waals surface area contributed by atoms with E-state index in [1.54, 1.807) is 0 Å². The molecular formula is C22H22. The molecule has 0 unspecified atom stereocenters. The van der Waals surface area contributed by atoms with Crippen molar-refractivity contribution in [2.24, 2.45) is 0 Å². The van der Waals surface area contributed by atoms with Crippen molar-refractivity contribution in [3.63, 3.8) is 0 Å². The monoisotopic (exact) mass is 286 g/mol. The molecule has 22 heavy (non-hydrogen) atoms. The molecule has 0 aliphatic rings. The summed E-state index contributed by atoms with van der Waals surface area (Å²) in [4.78, 5) is 0. The highest BCUT2D eigenvalue weighted by molar-refractivity contribution is 5.32. The van der Waals surface area contributed by atoms with E-state index in [2.05, 4.69) is 97.9 Å². The Bertz CT molecular complexity index is 642. The van der Waals surface area contributed by atoms with Crippen LogP contribution in [0.3, 0.4) is 0 Å². The first kappa shape index (κ1) is 14.6. The van der Waals surface area contributed by atoms with Crippen LogP contribution in [0.4, 0.5) is 0 Å². The minimum absolute atomic E-state index is 0.101. The Morgan fingerprint density at radius 1 is 0.545 bits per heavy atom. The maximum Gasteiger partial charge on any atom is 0.000538 e. The second-order valence-corrected chi connectivity index (χ2v) is 6.25. The first-order chi connectivity index (χ1) is 10.8. The lowest BCUT2D eigenvalue weighted by molar-refractivity contribution is 0.465. The predicted molar refractivity (Wildman–Crippen MR) is 94.1 cm³/mol. The van der Waals surface area contributed by atoms with Gasteiger partial charge < -0.3 is 0 Å². The molecule has 0 spiro atoms. The highest BCUT2D eigenvalue weighted by Crippen LogP contribution is 2.32. The summed E-state index contributed by atoms with van der Waals surface area (Å²) in [7, 11) is 0. The van der Waals surface area contributed by atoms with Crippen molar-refractivity contribution in [3.8, 4) is 0 Å². The van der Waals surface area contributed by atoms with Crippen LogP contribution in [-0.2, 0) is 18.3 Å². The summed E-state index contributed by atoms with van der Waals surface area (Å²) >= 11 is 0. The summed E-state index contributed by atoms with van der Waals surface area (Å²) in [5.41, 5.74) is 4.29. The number of hydrogen-bond donors (Lipinski definition) is 0. The van der Waals surface area contributed by atoms with Gasteiger partial charge >= 0.3 is 0 Å². The molecule has 0 radical (unpaired) electrons. The Labute approximate surface area is 133 Å². The van der Waals surface area contributed by atoms with Crippen molar-refractivity contribution >= 4 is 0 Å². The molecule has 3 rings (SSSR count). The number of rotatable bonds is 5. The second kappa shape index (κ2) is 6.62. The van der Waals surface area contributed by atoms with E-state index in [9.17, 15) is 0 Å². The van der Waals surface area contributed by atoms with Gasteiger partial charge in [-0.25, -0.2) is 0 Å². The lowest BCUT2D eigenvalue weighted by Gasteiger charge is -2.31. The maximum absolute atomic E-state index is 2.38. The van der Waals surface area contributed by atoms with Gasteiger partial charge in [-0.2, -0.15) is 0 Å². The third kappa shape index (κ3) is 3.46. The SMILES string of the molecule is CC(Cc1ccccc1)(Cc1ccccc1)c1ccccc1. The summed E-state index contributed by atoms with van der Waals surface area (Å²) in [5, 5.41) is 0. The molecule has 0 heteroatoms. The highest BCUT2D eigenvalue weighted by Gasteiger charge is 2.27. The first-order valence-electron chi connectivity index (χ1n) is 7.90. The van der Waals surface area contributed by atoms with Crippen molar-refractivity contribution in [1.29, 1.82) is 0 Å². The third-order valence-corrected chi connectivity index (χ3v) is 4.34. The molecule has 0 saturated carbocycles. The summed E-state index contributed by atoms with van der Waals surface area (Å²) < 4.78 is 0. The van der Waals surface area contributed by atoms with Gasteiger partial charge in [-0.05, 0) is 29.5 Å². The molecular weight excluding hydrogens is 264 g/mol. The molecule has 3 aromatic carbocycles. The molecule has 0 aromatic heterocycles. The fourth-order valence-electron chi connectivity index (χ4n) is 3.20. The van der Waals surface area contributed by atoms with Crippen LogP contribution in [0.5, 0.6) is 0 Å². The van der Waals surface area contributed by atoms with Crippen LogP contribution in [0.2, 0.25) is 0 Å². The molecule has 0 bridgehead atoms. The molecule has 0 aliphatic carbocycles. The molecule has 0 nitrogen and oxygen atoms in total. The van der Waals surface area contributed by atoms with Crippen LogP contribution >= 0.6 is 0 Å². The van der Waals surface area contributed by atoms with Gasteiger partial charge in [0.2, 0.25) is 0 Å². The Morgan fingerprint density at radius 2 is 0.909 bits per heavy atom. The average Bonchev–Trinajstić information content (AvgIpc) is 2.57. The molecule has 0 heterocycles. The first-order valence-corrected chi connectivity index (χ1v) is 7.90. The van der Waals surface area contributed by atoms with Crippen molar-refractivity contribution < 1.29 is 0 Å². The standard InChI is InChI=1S/C22H22/c1-22(21-15-9-4-10-16-21,17-19-11-5-2-6-12-19)18-20-13-7-3-8-14-20/h2-16H,17-18H2,1H3. The lowest BCUT2D eigenvalue weighted by atomic mass is 9.73. The molecule has 3 aromatic rings. The van der Waals surface area contributed by atoms with Crippen LogP contribution in [0.25, 0.3) is 0 Å². The summed E-state index contributed by atoms with van der Waals surface area (Å²) in [5.74, 6) is 0. The van der Waals surface area contributed by atoms with Gasteiger partial charge in [-0.15, -0.1) is 0 Å². The van der Waals surface area contributed by atoms with Crippen LogP contribution in [-0.4, -0.2) is 0 Å². The minimum atomic E-state index is 0.101. The molecule has 0 fully saturated rings. The van der Waals surface area contributed by atoms with E-state index in [1.807, 2.05) is 0 Å². The van der Waals surface area contributed by atoms with Gasteiger partial charge in [-0.3, -0.25) is 0 Å². The van der Waals surface area contributed by atoms with Crippen LogP contribution in [0, 0.1) is 0 Å². The fraction of sp³-hybridized carbons (Fsp3) is 0.182. The molecule has 0 amide bonds. The predicted octanol–water partition coefficient (Wildman–Crippen LogP) is 5.43. The zero-order chi connectivity index (χ0) is 15.3. The Balaban J connectivity index is 1.95. The second-order valence-electron chi connectivity index (χ2n) is 6.25. The lowest BCUT2D eigenvalue weighted by Crippen LogP contribution is -2.28. The van der Waals surface area contributed by atoms with Gasteiger partial charge in [0.05, 0.1) is 0 Å². The minimum Gasteiger partial charge on any atom is -0.0622 e. The maximum atomic E-state index is 2.38. The quantitative estimate of drug-likeness (QED) is 0.586. The van der Waals surface area contributed by atoms with E-state index in [-0.39, 0.29) is 5.41 Å². The van der Waals surface area contributed by atoms with E-state index < -0.39 is 0 Å². The topological polar surface area (TPSA) is 0 Å². The van der Waals surface area contributed by atoms with Crippen LogP contribution in [0.15, 0.2) is 91.0 Å². The smallest absolute Gasteiger partial charge is 0.000538 e. The zero-order valence-corrected chi connectivity index (χ0v) is 13.1. The Hall–Kier alpha value is -2.34. The summed E-state index contributed by atoms with van der Waals surface area (Å²) in [6.07, 6.45) is 2.10. The summed E-state index contributed by atoms with van der Waals surface area (Å²) in [6, 6.07) is 32.5. The molecule has 0 aliphatic heterocycles. The molecule has 0 atom stereocenters. The van der Waals surface area contributed by atoms with Gasteiger partial charge in [0.1, 0.15) is 0 Å². The third-order valence-electron chi connectivity index (χ3n) is 4.34. The molecule has 0 N–H and O–H groups in total. The highest BCUT2D eigenvalue weighted by atomic mass is 14.3. The largest absolute Gasteiger partial charge is 0.0622 e. The van der Waals surface area contributed by atoms with Crippen LogP contribution < -0.4 is 0 Å². The van der Waals surface area contributed by atoms with Crippen LogP contribution in [0.1, 0.15) is 23.6 Å². The number of benzene rings is 3. The van der Waals surface area contributed by atoms with Crippen molar-refractivity contribution in [3.05, 3.63) is 108 Å². The van der Waals surface area contributed by atoms with Crippen molar-refractivity contribution in [1.82, 2.24) is 0 Å². The molecule has 0 saturated heterocycles. The zero-order valence-electron chi connectivity index (χ0n) is 13.1. The fourth-order valence-corrected chi connectivity index (χ4v) is 3.20. The van der Waals surface area contributed by atoms with Gasteiger partial charge in [-0.1, -0.05) is 97.9 Å². The van der Waals surface area contributed by atoms with E-state index in [0.717, 1.165) is 12.8 Å². The van der Waals surface area contributed by atoms with Gasteiger partial charge in [0.25, 0.3) is 0 Å². The van der Waals surface area contributed by atoms with E-state index >= 15 is 0 Å². The van der Waals surface area contributed by atoms with E-state index in [0.29, 0.717) is 0 Å².